The Morgan fingerprint density at radius 3 is 2.63 bits per heavy atom. The van der Waals surface area contributed by atoms with Crippen molar-refractivity contribution in [2.24, 2.45) is 0 Å². The Morgan fingerprint density at radius 2 is 2.00 bits per heavy atom. The van der Waals surface area contributed by atoms with Crippen molar-refractivity contribution in [3.8, 4) is 0 Å². The van der Waals surface area contributed by atoms with Gasteiger partial charge in [0.25, 0.3) is 10.0 Å². The Morgan fingerprint density at radius 1 is 1.26 bits per heavy atom. The van der Waals surface area contributed by atoms with Crippen molar-refractivity contribution in [2.75, 3.05) is 10.5 Å². The van der Waals surface area contributed by atoms with Crippen molar-refractivity contribution >= 4 is 33.1 Å². The van der Waals surface area contributed by atoms with Crippen molar-refractivity contribution in [2.45, 2.75) is 11.8 Å². The van der Waals surface area contributed by atoms with E-state index in [1.807, 2.05) is 0 Å². The first-order valence-electron chi connectivity index (χ1n) is 5.40. The summed E-state index contributed by atoms with van der Waals surface area (Å²) in [6, 6.07) is 9.22. The van der Waals surface area contributed by atoms with Crippen LogP contribution in [0.5, 0.6) is 0 Å². The Bertz CT molecular complexity index is 717. The fraction of sp³-hybridized carbons (Fsp3) is 0.0833. The fourth-order valence-corrected chi connectivity index (χ4v) is 2.65. The Kier molecular flexibility index (Phi) is 3.64. The normalized spacial score (nSPS) is 11.3. The molecule has 5 nitrogen and oxygen atoms in total. The van der Waals surface area contributed by atoms with Crippen LogP contribution in [-0.2, 0) is 10.0 Å². The smallest absolute Gasteiger partial charge is 0.263 e. The summed E-state index contributed by atoms with van der Waals surface area (Å²) in [5, 5.41) is 0.212. The molecule has 0 radical (unpaired) electrons. The molecule has 0 saturated heterocycles. The van der Waals surface area contributed by atoms with Crippen LogP contribution in [0.1, 0.15) is 5.56 Å². The molecule has 19 heavy (non-hydrogen) atoms. The molecule has 0 fully saturated rings. The van der Waals surface area contributed by atoms with Crippen LogP contribution in [0.2, 0.25) is 5.15 Å². The average molecular weight is 298 g/mol. The van der Waals surface area contributed by atoms with Crippen molar-refractivity contribution in [3.63, 3.8) is 0 Å². The molecule has 0 saturated carbocycles. The minimum absolute atomic E-state index is 0.0809. The first kappa shape index (κ1) is 13.6. The van der Waals surface area contributed by atoms with E-state index in [1.54, 1.807) is 25.1 Å². The number of hydrogen-bond acceptors (Lipinski definition) is 4. The summed E-state index contributed by atoms with van der Waals surface area (Å²) in [5.41, 5.74) is 6.94. The van der Waals surface area contributed by atoms with Crippen LogP contribution in [0.15, 0.2) is 41.3 Å². The van der Waals surface area contributed by atoms with Crippen LogP contribution in [0, 0.1) is 6.92 Å². The molecule has 0 spiro atoms. The van der Waals surface area contributed by atoms with Gasteiger partial charge in [-0.05, 0) is 36.8 Å². The van der Waals surface area contributed by atoms with Gasteiger partial charge in [0.2, 0.25) is 0 Å². The number of nitrogen functional groups attached to an aromatic ring is 1. The average Bonchev–Trinajstić information content (AvgIpc) is 2.32. The highest BCUT2D eigenvalue weighted by atomic mass is 35.5. The summed E-state index contributed by atoms with van der Waals surface area (Å²) < 4.78 is 26.6. The third-order valence-electron chi connectivity index (χ3n) is 2.52. The second-order valence-corrected chi connectivity index (χ2v) is 6.04. The highest BCUT2D eigenvalue weighted by Gasteiger charge is 2.15. The number of sulfonamides is 1. The van der Waals surface area contributed by atoms with Crippen LogP contribution in [0.4, 0.5) is 11.5 Å². The fourth-order valence-electron chi connectivity index (χ4n) is 1.45. The van der Waals surface area contributed by atoms with E-state index < -0.39 is 10.0 Å². The number of aromatic nitrogens is 1. The van der Waals surface area contributed by atoms with Gasteiger partial charge in [0.1, 0.15) is 11.0 Å². The quantitative estimate of drug-likeness (QED) is 0.673. The lowest BCUT2D eigenvalue weighted by molar-refractivity contribution is 0.601. The molecule has 0 atom stereocenters. The van der Waals surface area contributed by atoms with E-state index in [0.717, 1.165) is 5.56 Å². The molecule has 0 amide bonds. The van der Waals surface area contributed by atoms with Gasteiger partial charge >= 0.3 is 0 Å². The third-order valence-corrected chi connectivity index (χ3v) is 4.08. The molecule has 2 rings (SSSR count). The van der Waals surface area contributed by atoms with Crippen LogP contribution in [0.25, 0.3) is 0 Å². The van der Waals surface area contributed by atoms with E-state index in [1.165, 1.54) is 18.2 Å². The largest absolute Gasteiger partial charge is 0.398 e. The summed E-state index contributed by atoms with van der Waals surface area (Å²) in [7, 11) is -3.72. The minimum Gasteiger partial charge on any atom is -0.398 e. The molecule has 1 aromatic heterocycles. The number of rotatable bonds is 3. The number of pyridine rings is 1. The summed E-state index contributed by atoms with van der Waals surface area (Å²) in [6.07, 6.45) is 0. The van der Waals surface area contributed by atoms with E-state index in [4.69, 9.17) is 17.3 Å². The first-order valence-corrected chi connectivity index (χ1v) is 7.26. The molecule has 100 valence electrons. The van der Waals surface area contributed by atoms with Crippen molar-refractivity contribution in [3.05, 3.63) is 47.1 Å². The van der Waals surface area contributed by atoms with Crippen molar-refractivity contribution in [1.82, 2.24) is 4.98 Å². The highest BCUT2D eigenvalue weighted by Crippen LogP contribution is 2.20. The number of benzene rings is 1. The van der Waals surface area contributed by atoms with Gasteiger partial charge in [-0.15, -0.1) is 0 Å². The van der Waals surface area contributed by atoms with Gasteiger partial charge in [-0.2, -0.15) is 0 Å². The maximum Gasteiger partial charge on any atom is 0.263 e. The molecular weight excluding hydrogens is 286 g/mol. The van der Waals surface area contributed by atoms with Crippen LogP contribution in [0.3, 0.4) is 0 Å². The second-order valence-electron chi connectivity index (χ2n) is 3.97. The first-order chi connectivity index (χ1) is 8.88. The molecule has 0 aliphatic rings. The molecule has 0 aliphatic heterocycles. The SMILES string of the molecule is Cc1ccc(S(=O)(=O)Nc2cccc(Cl)n2)cc1N. The van der Waals surface area contributed by atoms with E-state index >= 15 is 0 Å². The monoisotopic (exact) mass is 297 g/mol. The summed E-state index contributed by atoms with van der Waals surface area (Å²) in [4.78, 5) is 3.95. The van der Waals surface area contributed by atoms with Gasteiger partial charge < -0.3 is 5.73 Å². The molecular formula is C12H12ClN3O2S. The van der Waals surface area contributed by atoms with E-state index in [-0.39, 0.29) is 15.9 Å². The number of halogens is 1. The minimum atomic E-state index is -3.72. The zero-order chi connectivity index (χ0) is 14.0. The lowest BCUT2D eigenvalue weighted by Crippen LogP contribution is -2.14. The molecule has 2 aromatic rings. The molecule has 0 bridgehead atoms. The standard InChI is InChI=1S/C12H12ClN3O2S/c1-8-5-6-9(7-10(8)14)19(17,18)16-12-4-2-3-11(13)15-12/h2-7H,14H2,1H3,(H,15,16). The lowest BCUT2D eigenvalue weighted by atomic mass is 10.2. The second kappa shape index (κ2) is 5.07. The predicted octanol–water partition coefficient (Wildman–Crippen LogP) is 2.43. The third kappa shape index (κ3) is 3.15. The van der Waals surface area contributed by atoms with Crippen LogP contribution < -0.4 is 10.5 Å². The molecule has 1 aromatic carbocycles. The van der Waals surface area contributed by atoms with Gasteiger partial charge in [-0.1, -0.05) is 23.7 Å². The number of nitrogens with zero attached hydrogens (tertiary/aromatic N) is 1. The Hall–Kier alpha value is -1.79. The molecule has 3 N–H and O–H groups in total. The van der Waals surface area contributed by atoms with E-state index in [0.29, 0.717) is 5.69 Å². The summed E-state index contributed by atoms with van der Waals surface area (Å²) in [5.74, 6) is 0.159. The molecule has 0 aliphatic carbocycles. The van der Waals surface area contributed by atoms with Gasteiger partial charge in [0, 0.05) is 5.69 Å². The summed E-state index contributed by atoms with van der Waals surface area (Å²) >= 11 is 5.70. The van der Waals surface area contributed by atoms with Gasteiger partial charge in [0.15, 0.2) is 0 Å². The lowest BCUT2D eigenvalue weighted by Gasteiger charge is -2.09. The van der Waals surface area contributed by atoms with Crippen LogP contribution >= 0.6 is 11.6 Å². The summed E-state index contributed by atoms with van der Waals surface area (Å²) in [6.45, 7) is 1.80. The topological polar surface area (TPSA) is 85.1 Å². The highest BCUT2D eigenvalue weighted by molar-refractivity contribution is 7.92. The van der Waals surface area contributed by atoms with Gasteiger partial charge in [-0.25, -0.2) is 13.4 Å². The maximum absolute atomic E-state index is 12.1. The number of nitrogens with one attached hydrogen (secondary N) is 1. The number of hydrogen-bond donors (Lipinski definition) is 2. The Labute approximate surface area is 116 Å². The number of aryl methyl sites for hydroxylation is 1. The number of anilines is 2. The van der Waals surface area contributed by atoms with Crippen molar-refractivity contribution < 1.29 is 8.42 Å². The number of nitrogens with two attached hydrogens (primary N) is 1. The molecule has 7 heteroatoms. The van der Waals surface area contributed by atoms with Gasteiger partial charge in [-0.3, -0.25) is 4.72 Å². The maximum atomic E-state index is 12.1. The predicted molar refractivity (Wildman–Crippen MR) is 75.6 cm³/mol. The zero-order valence-electron chi connectivity index (χ0n) is 10.1. The van der Waals surface area contributed by atoms with Crippen LogP contribution in [-0.4, -0.2) is 13.4 Å². The Balaban J connectivity index is 2.35. The van der Waals surface area contributed by atoms with E-state index in [2.05, 4.69) is 9.71 Å². The molecule has 0 unspecified atom stereocenters. The molecule has 1 heterocycles. The van der Waals surface area contributed by atoms with Gasteiger partial charge in [0.05, 0.1) is 4.90 Å². The van der Waals surface area contributed by atoms with Crippen molar-refractivity contribution in [1.29, 1.82) is 0 Å². The van der Waals surface area contributed by atoms with E-state index in [9.17, 15) is 8.42 Å². The zero-order valence-corrected chi connectivity index (χ0v) is 11.7.